The molecule has 0 saturated carbocycles. The number of ether oxygens (including phenoxy) is 1. The van der Waals surface area contributed by atoms with Crippen LogP contribution in [0.2, 0.25) is 0 Å². The molecular formula is C23H27F3N4O3. The number of halogens is 3. The molecule has 3 N–H and O–H groups in total. The first-order valence-electron chi connectivity index (χ1n) is 10.6. The van der Waals surface area contributed by atoms with E-state index in [-0.39, 0.29) is 26.0 Å². The molecule has 10 heteroatoms. The molecule has 1 amide bonds. The van der Waals surface area contributed by atoms with Crippen molar-refractivity contribution < 1.29 is 27.5 Å². The van der Waals surface area contributed by atoms with Gasteiger partial charge in [-0.1, -0.05) is 0 Å². The van der Waals surface area contributed by atoms with Gasteiger partial charge in [0.15, 0.2) is 6.29 Å². The van der Waals surface area contributed by atoms with Crippen LogP contribution in [0.3, 0.4) is 0 Å². The van der Waals surface area contributed by atoms with E-state index in [0.29, 0.717) is 36.5 Å². The predicted molar refractivity (Wildman–Crippen MR) is 121 cm³/mol. The number of anilines is 4. The van der Waals surface area contributed by atoms with E-state index in [4.69, 9.17) is 10.5 Å². The van der Waals surface area contributed by atoms with E-state index in [9.17, 15) is 22.8 Å². The van der Waals surface area contributed by atoms with Crippen LogP contribution >= 0.6 is 0 Å². The number of nitrogens with two attached hydrogens (primary N) is 1. The van der Waals surface area contributed by atoms with E-state index in [1.54, 1.807) is 30.1 Å². The van der Waals surface area contributed by atoms with E-state index in [1.165, 1.54) is 0 Å². The van der Waals surface area contributed by atoms with E-state index >= 15 is 0 Å². The molecule has 33 heavy (non-hydrogen) atoms. The number of nitrogens with one attached hydrogen (secondary N) is 1. The van der Waals surface area contributed by atoms with Crippen LogP contribution < -0.4 is 25.6 Å². The topological polar surface area (TPSA) is 87.9 Å². The summed E-state index contributed by atoms with van der Waals surface area (Å²) in [6.45, 7) is 0.593. The fraction of sp³-hybridized carbons (Fsp3) is 0.391. The third-order valence-corrected chi connectivity index (χ3v) is 5.55. The molecule has 2 aromatic rings. The molecule has 1 saturated heterocycles. The summed E-state index contributed by atoms with van der Waals surface area (Å²) in [7, 11) is 1.69. The Morgan fingerprint density at radius 1 is 1.18 bits per heavy atom. The molecule has 0 aliphatic carbocycles. The Bertz CT molecular complexity index is 958. The van der Waals surface area contributed by atoms with Crippen molar-refractivity contribution in [3.05, 3.63) is 42.5 Å². The van der Waals surface area contributed by atoms with E-state index in [1.807, 2.05) is 29.2 Å². The van der Waals surface area contributed by atoms with Gasteiger partial charge >= 0.3 is 6.18 Å². The lowest BCUT2D eigenvalue weighted by atomic mass is 9.96. The number of piperidine rings is 1. The van der Waals surface area contributed by atoms with Gasteiger partial charge < -0.3 is 25.6 Å². The second-order valence-corrected chi connectivity index (χ2v) is 7.96. The maximum Gasteiger partial charge on any atom is 0.391 e. The summed E-state index contributed by atoms with van der Waals surface area (Å²) in [5, 5.41) is 3.24. The monoisotopic (exact) mass is 464 g/mol. The van der Waals surface area contributed by atoms with Crippen molar-refractivity contribution in [2.45, 2.75) is 19.0 Å². The number of rotatable bonds is 9. The molecule has 2 aromatic carbocycles. The Balaban J connectivity index is 1.68. The SMILES string of the molecule is CN(CC(N)=O)c1ccc(Nc2ccc(N3CCC(C(F)(F)F)CC3)cc2)cc1OCC=O. The summed E-state index contributed by atoms with van der Waals surface area (Å²) in [5.41, 5.74) is 8.23. The normalized spacial score (nSPS) is 14.6. The minimum atomic E-state index is -4.13. The average Bonchev–Trinajstić information content (AvgIpc) is 2.77. The van der Waals surface area contributed by atoms with Crippen molar-refractivity contribution in [2.75, 3.05) is 48.4 Å². The molecule has 0 bridgehead atoms. The molecule has 0 atom stereocenters. The third kappa shape index (κ3) is 6.53. The van der Waals surface area contributed by atoms with E-state index in [0.717, 1.165) is 11.4 Å². The maximum atomic E-state index is 12.9. The Hall–Kier alpha value is -3.43. The lowest BCUT2D eigenvalue weighted by Gasteiger charge is -2.34. The lowest BCUT2D eigenvalue weighted by molar-refractivity contribution is -0.179. The quantitative estimate of drug-likeness (QED) is 0.550. The van der Waals surface area contributed by atoms with Gasteiger partial charge in [-0.2, -0.15) is 13.2 Å². The van der Waals surface area contributed by atoms with Gasteiger partial charge in [-0.05, 0) is 49.2 Å². The zero-order valence-electron chi connectivity index (χ0n) is 18.3. The van der Waals surface area contributed by atoms with Crippen molar-refractivity contribution >= 4 is 34.9 Å². The molecule has 0 radical (unpaired) electrons. The van der Waals surface area contributed by atoms with Crippen molar-refractivity contribution in [3.63, 3.8) is 0 Å². The fourth-order valence-corrected chi connectivity index (χ4v) is 3.85. The second kappa shape index (κ2) is 10.5. The number of carbonyl (C=O) groups excluding carboxylic acids is 2. The highest BCUT2D eigenvalue weighted by atomic mass is 19.4. The largest absolute Gasteiger partial charge is 0.484 e. The van der Waals surface area contributed by atoms with Gasteiger partial charge in [0.2, 0.25) is 5.91 Å². The minimum Gasteiger partial charge on any atom is -0.484 e. The summed E-state index contributed by atoms with van der Waals surface area (Å²) in [6, 6.07) is 12.7. The zero-order valence-corrected chi connectivity index (χ0v) is 18.3. The van der Waals surface area contributed by atoms with Gasteiger partial charge in [0.1, 0.15) is 12.4 Å². The zero-order chi connectivity index (χ0) is 24.0. The van der Waals surface area contributed by atoms with Crippen LogP contribution in [0.1, 0.15) is 12.8 Å². The number of likely N-dealkylation sites (N-methyl/N-ethyl adjacent to an activating group) is 1. The third-order valence-electron chi connectivity index (χ3n) is 5.55. The highest BCUT2D eigenvalue weighted by Crippen LogP contribution is 2.36. The number of carbonyl (C=O) groups is 2. The van der Waals surface area contributed by atoms with Gasteiger partial charge in [0.05, 0.1) is 18.2 Å². The Morgan fingerprint density at radius 3 is 2.39 bits per heavy atom. The van der Waals surface area contributed by atoms with Crippen LogP contribution in [-0.2, 0) is 9.59 Å². The Morgan fingerprint density at radius 2 is 1.82 bits per heavy atom. The molecule has 0 unspecified atom stereocenters. The summed E-state index contributed by atoms with van der Waals surface area (Å²) >= 11 is 0. The highest BCUT2D eigenvalue weighted by Gasteiger charge is 2.41. The van der Waals surface area contributed by atoms with Gasteiger partial charge in [0.25, 0.3) is 0 Å². The molecule has 7 nitrogen and oxygen atoms in total. The molecule has 178 valence electrons. The van der Waals surface area contributed by atoms with Gasteiger partial charge in [0, 0.05) is 43.3 Å². The van der Waals surface area contributed by atoms with Crippen LogP contribution in [0, 0.1) is 5.92 Å². The molecule has 1 heterocycles. The number of amides is 1. The van der Waals surface area contributed by atoms with Gasteiger partial charge in [-0.3, -0.25) is 9.59 Å². The molecule has 3 rings (SSSR count). The van der Waals surface area contributed by atoms with Crippen molar-refractivity contribution in [1.29, 1.82) is 0 Å². The van der Waals surface area contributed by atoms with Crippen LogP contribution in [0.4, 0.5) is 35.9 Å². The number of benzene rings is 2. The number of hydrogen-bond acceptors (Lipinski definition) is 6. The van der Waals surface area contributed by atoms with Crippen molar-refractivity contribution in [2.24, 2.45) is 11.7 Å². The molecular weight excluding hydrogens is 437 g/mol. The number of primary amides is 1. The Kier molecular flexibility index (Phi) is 7.67. The van der Waals surface area contributed by atoms with Gasteiger partial charge in [-0.25, -0.2) is 0 Å². The molecule has 0 spiro atoms. The van der Waals surface area contributed by atoms with Crippen LogP contribution in [0.5, 0.6) is 5.75 Å². The number of aldehydes is 1. The molecule has 0 aromatic heterocycles. The smallest absolute Gasteiger partial charge is 0.391 e. The van der Waals surface area contributed by atoms with Crippen LogP contribution in [0.25, 0.3) is 0 Å². The molecule has 1 fully saturated rings. The summed E-state index contributed by atoms with van der Waals surface area (Å²) in [5.74, 6) is -1.31. The van der Waals surface area contributed by atoms with E-state index in [2.05, 4.69) is 5.32 Å². The van der Waals surface area contributed by atoms with Gasteiger partial charge in [-0.15, -0.1) is 0 Å². The second-order valence-electron chi connectivity index (χ2n) is 7.96. The fourth-order valence-electron chi connectivity index (χ4n) is 3.85. The average molecular weight is 464 g/mol. The first kappa shape index (κ1) is 24.2. The molecule has 1 aliphatic heterocycles. The summed E-state index contributed by atoms with van der Waals surface area (Å²) < 4.78 is 44.1. The first-order valence-corrected chi connectivity index (χ1v) is 10.6. The van der Waals surface area contributed by atoms with Crippen molar-refractivity contribution in [3.8, 4) is 5.75 Å². The van der Waals surface area contributed by atoms with Crippen LogP contribution in [0.15, 0.2) is 42.5 Å². The lowest BCUT2D eigenvalue weighted by Crippen LogP contribution is -2.38. The highest BCUT2D eigenvalue weighted by molar-refractivity contribution is 5.81. The number of hydrogen-bond donors (Lipinski definition) is 2. The van der Waals surface area contributed by atoms with Crippen molar-refractivity contribution in [1.82, 2.24) is 0 Å². The number of nitrogens with zero attached hydrogens (tertiary/aromatic N) is 2. The number of alkyl halides is 3. The maximum absolute atomic E-state index is 12.9. The standard InChI is InChI=1S/C23H27F3N4O3/c1-29(15-22(27)32)20-7-4-18(14-21(20)33-13-12-31)28-17-2-5-19(6-3-17)30-10-8-16(9-11-30)23(24,25)26/h2-7,12,14,16,28H,8-11,13,15H2,1H3,(H2,27,32). The van der Waals surface area contributed by atoms with E-state index < -0.39 is 18.0 Å². The van der Waals surface area contributed by atoms with Crippen LogP contribution in [-0.4, -0.2) is 51.7 Å². The predicted octanol–water partition coefficient (Wildman–Crippen LogP) is 3.71. The first-order chi connectivity index (χ1) is 15.7. The summed E-state index contributed by atoms with van der Waals surface area (Å²) in [4.78, 5) is 25.6. The molecule has 1 aliphatic rings. The Labute approximate surface area is 190 Å². The summed E-state index contributed by atoms with van der Waals surface area (Å²) in [6.07, 6.45) is -3.29. The minimum absolute atomic E-state index is 0.00803.